The Hall–Kier alpha value is -5.54. The number of carbonyl (C=O) groups excluding carboxylic acids is 10. The van der Waals surface area contributed by atoms with E-state index in [1.807, 2.05) is 0 Å². The van der Waals surface area contributed by atoms with Gasteiger partial charge in [-0.15, -0.1) is 0 Å². The molecule has 3 heterocycles. The Kier molecular flexibility index (Phi) is 20.4. The van der Waals surface area contributed by atoms with E-state index in [0.717, 1.165) is 69.2 Å². The SMILES string of the molecule is CO[C@@H]1O[C@H](COC(C)=O)[C@@H](O[C@@H]2O[C@H](COC(C)=O)[C@H](OC(C)=O)[C@H](O[C@@H]3O[C@H](COC(C)=O)[C@H](OC(C)=O)[C@H](OC(C)=O)[C@H]3OC(C)=O)[C@H]2OC(C)=O)[C@H](OC(C)=O)[C@H]1OC(C)=O. The van der Waals surface area contributed by atoms with Crippen LogP contribution in [0.1, 0.15) is 69.2 Å². The second kappa shape index (κ2) is 24.7. The number of methoxy groups -OCH3 is 1. The summed E-state index contributed by atoms with van der Waals surface area (Å²) in [6.07, 6.45) is -26.2. The molecule has 26 heteroatoms. The number of rotatable bonds is 18. The van der Waals surface area contributed by atoms with Gasteiger partial charge in [0.25, 0.3) is 0 Å². The first-order chi connectivity index (χ1) is 30.4. The Morgan fingerprint density at radius 2 is 0.554 bits per heavy atom. The summed E-state index contributed by atoms with van der Waals surface area (Å²) in [5.74, 6) is -9.37. The van der Waals surface area contributed by atoms with Crippen LogP contribution in [0.25, 0.3) is 0 Å². The molecule has 0 aromatic heterocycles. The molecule has 0 spiro atoms. The minimum atomic E-state index is -2.02. The van der Waals surface area contributed by atoms with Crippen molar-refractivity contribution in [1.29, 1.82) is 0 Å². The van der Waals surface area contributed by atoms with Gasteiger partial charge in [0.05, 0.1) is 0 Å². The van der Waals surface area contributed by atoms with E-state index >= 15 is 0 Å². The van der Waals surface area contributed by atoms with Gasteiger partial charge in [-0.05, 0) is 0 Å². The molecule has 0 unspecified atom stereocenters. The monoisotopic (exact) mass is 938 g/mol. The van der Waals surface area contributed by atoms with Gasteiger partial charge in [-0.2, -0.15) is 0 Å². The lowest BCUT2D eigenvalue weighted by Crippen LogP contribution is -2.69. The van der Waals surface area contributed by atoms with E-state index < -0.39 is 172 Å². The van der Waals surface area contributed by atoms with E-state index in [0.29, 0.717) is 0 Å². The average Bonchev–Trinajstić information content (AvgIpc) is 3.17. The Bertz CT molecular complexity index is 1750. The van der Waals surface area contributed by atoms with Gasteiger partial charge in [0.1, 0.15) is 50.3 Å². The van der Waals surface area contributed by atoms with Crippen LogP contribution < -0.4 is 0 Å². The number of hydrogen-bond acceptors (Lipinski definition) is 26. The summed E-state index contributed by atoms with van der Waals surface area (Å²) >= 11 is 0. The fourth-order valence-electron chi connectivity index (χ4n) is 6.94. The van der Waals surface area contributed by atoms with E-state index in [2.05, 4.69) is 0 Å². The van der Waals surface area contributed by atoms with Gasteiger partial charge in [0, 0.05) is 76.3 Å². The highest BCUT2D eigenvalue weighted by molar-refractivity contribution is 5.70. The van der Waals surface area contributed by atoms with Crippen LogP contribution in [0.4, 0.5) is 0 Å². The van der Waals surface area contributed by atoms with E-state index in [9.17, 15) is 47.9 Å². The first-order valence-electron chi connectivity index (χ1n) is 19.8. The summed E-state index contributed by atoms with van der Waals surface area (Å²) in [6, 6.07) is 0. The minimum Gasteiger partial charge on any atom is -0.463 e. The first kappa shape index (κ1) is 53.8. The van der Waals surface area contributed by atoms with Crippen LogP contribution in [0.5, 0.6) is 0 Å². The largest absolute Gasteiger partial charge is 0.463 e. The Morgan fingerprint density at radius 1 is 0.308 bits per heavy atom. The smallest absolute Gasteiger partial charge is 0.303 e. The number of ether oxygens (including phenoxy) is 16. The molecule has 65 heavy (non-hydrogen) atoms. The Labute approximate surface area is 371 Å². The molecule has 0 aromatic carbocycles. The molecule has 3 rings (SSSR count). The molecule has 0 N–H and O–H groups in total. The van der Waals surface area contributed by atoms with Crippen molar-refractivity contribution in [2.45, 2.75) is 161 Å². The van der Waals surface area contributed by atoms with Gasteiger partial charge in [-0.3, -0.25) is 47.9 Å². The minimum absolute atomic E-state index is 0.632. The fraction of sp³-hybridized carbons (Fsp3) is 0.744. The van der Waals surface area contributed by atoms with Crippen LogP contribution in [0, 0.1) is 0 Å². The van der Waals surface area contributed by atoms with Gasteiger partial charge < -0.3 is 75.8 Å². The van der Waals surface area contributed by atoms with Gasteiger partial charge in [-0.1, -0.05) is 0 Å². The van der Waals surface area contributed by atoms with Crippen molar-refractivity contribution in [1.82, 2.24) is 0 Å². The molecule has 3 fully saturated rings. The van der Waals surface area contributed by atoms with Crippen molar-refractivity contribution in [2.24, 2.45) is 0 Å². The van der Waals surface area contributed by atoms with E-state index in [4.69, 9.17) is 75.8 Å². The average molecular weight is 939 g/mol. The third-order valence-corrected chi connectivity index (χ3v) is 9.06. The van der Waals surface area contributed by atoms with Crippen molar-refractivity contribution in [2.75, 3.05) is 26.9 Å². The Balaban J connectivity index is 2.35. The van der Waals surface area contributed by atoms with Gasteiger partial charge in [0.15, 0.2) is 61.6 Å². The lowest BCUT2D eigenvalue weighted by molar-refractivity contribution is -0.380. The second-order valence-corrected chi connectivity index (χ2v) is 14.5. The summed E-state index contributed by atoms with van der Waals surface area (Å²) in [7, 11) is 1.17. The lowest BCUT2D eigenvalue weighted by atomic mass is 9.95. The molecular weight excluding hydrogens is 884 g/mol. The maximum atomic E-state index is 13.0. The fourth-order valence-corrected chi connectivity index (χ4v) is 6.94. The number of carbonyl (C=O) groups is 10. The maximum absolute atomic E-state index is 13.0. The third-order valence-electron chi connectivity index (χ3n) is 9.06. The predicted molar refractivity (Wildman–Crippen MR) is 202 cm³/mol. The van der Waals surface area contributed by atoms with Crippen LogP contribution in [0.15, 0.2) is 0 Å². The molecule has 0 aromatic rings. The standard InChI is InChI=1S/C39H54O26/c1-15(40)51-12-25-28(54-18(4)43)31(56-20(6)45)35(59-23(9)48)39(63-25)65-33-29(55-19(5)44)26(13-52-16(2)41)62-38(36(33)60-24(10)49)64-30-27(14-53-17(3)42)61-37(50-11)34(58-22(8)47)32(30)57-21(7)46/h25-39H,12-14H2,1-11H3/t25-,26-,27-,28+,29+,30-,31+,32+,33+,34-,35-,36-,37-,38+,39+/m1/s1. The van der Waals surface area contributed by atoms with Gasteiger partial charge in [-0.25, -0.2) is 0 Å². The van der Waals surface area contributed by atoms with Crippen LogP contribution in [0.3, 0.4) is 0 Å². The van der Waals surface area contributed by atoms with Crippen molar-refractivity contribution in [3.63, 3.8) is 0 Å². The van der Waals surface area contributed by atoms with Crippen LogP contribution in [0.2, 0.25) is 0 Å². The van der Waals surface area contributed by atoms with Crippen molar-refractivity contribution in [3.8, 4) is 0 Å². The zero-order valence-corrected chi connectivity index (χ0v) is 37.4. The molecule has 0 bridgehead atoms. The first-order valence-corrected chi connectivity index (χ1v) is 19.8. The predicted octanol–water partition coefficient (Wildman–Crippen LogP) is -1.21. The molecule has 26 nitrogen and oxygen atoms in total. The molecule has 0 radical (unpaired) electrons. The van der Waals surface area contributed by atoms with Gasteiger partial charge in [0.2, 0.25) is 0 Å². The molecule has 15 atom stereocenters. The van der Waals surface area contributed by atoms with E-state index in [1.54, 1.807) is 0 Å². The van der Waals surface area contributed by atoms with E-state index in [1.165, 1.54) is 7.11 Å². The van der Waals surface area contributed by atoms with Crippen molar-refractivity contribution >= 4 is 59.7 Å². The van der Waals surface area contributed by atoms with Gasteiger partial charge >= 0.3 is 59.7 Å². The molecule has 366 valence electrons. The quantitative estimate of drug-likeness (QED) is 0.115. The highest BCUT2D eigenvalue weighted by atomic mass is 16.8. The molecule has 3 saturated heterocycles. The van der Waals surface area contributed by atoms with Crippen molar-refractivity contribution in [3.05, 3.63) is 0 Å². The number of esters is 10. The summed E-state index contributed by atoms with van der Waals surface area (Å²) < 4.78 is 91.0. The highest BCUT2D eigenvalue weighted by Gasteiger charge is 2.60. The summed E-state index contributed by atoms with van der Waals surface area (Å²) in [4.78, 5) is 125. The third kappa shape index (κ3) is 16.1. The maximum Gasteiger partial charge on any atom is 0.303 e. The Morgan fingerprint density at radius 3 is 0.892 bits per heavy atom. The van der Waals surface area contributed by atoms with Crippen LogP contribution >= 0.6 is 0 Å². The van der Waals surface area contributed by atoms with Crippen LogP contribution in [-0.4, -0.2) is 179 Å². The summed E-state index contributed by atoms with van der Waals surface area (Å²) in [5, 5.41) is 0. The topological polar surface area (TPSA) is 318 Å². The second-order valence-electron chi connectivity index (χ2n) is 14.5. The molecule has 0 amide bonds. The van der Waals surface area contributed by atoms with E-state index in [-0.39, 0.29) is 0 Å². The molecule has 3 aliphatic heterocycles. The summed E-state index contributed by atoms with van der Waals surface area (Å²) in [6.45, 7) is 7.98. The normalized spacial score (nSPS) is 32.0. The van der Waals surface area contributed by atoms with Crippen molar-refractivity contribution < 1.29 is 124 Å². The molecule has 0 aliphatic carbocycles. The zero-order chi connectivity index (χ0) is 48.9. The zero-order valence-electron chi connectivity index (χ0n) is 37.4. The number of hydrogen-bond donors (Lipinski definition) is 0. The van der Waals surface area contributed by atoms with Crippen LogP contribution in [-0.2, 0) is 124 Å². The molecule has 0 saturated carbocycles. The molecular formula is C39H54O26. The highest BCUT2D eigenvalue weighted by Crippen LogP contribution is 2.38. The molecule has 3 aliphatic rings. The lowest BCUT2D eigenvalue weighted by Gasteiger charge is -2.50. The summed E-state index contributed by atoms with van der Waals surface area (Å²) in [5.41, 5.74) is 0.